The standard InChI is InChI=1S/C19H24F3N3/c1-14(2)8-25-13-23(3)9-16-11-24(12-18(16)25)10-15-6-4-5-7-17(15)19(20,21)22/h4-7,11-12,14H,8-10,13H2,1-3H3. The number of halogens is 3. The van der Waals surface area contributed by atoms with Gasteiger partial charge in [-0.3, -0.25) is 4.90 Å². The van der Waals surface area contributed by atoms with E-state index < -0.39 is 11.7 Å². The van der Waals surface area contributed by atoms with Crippen molar-refractivity contribution in [3.05, 3.63) is 53.3 Å². The Balaban J connectivity index is 1.89. The predicted molar refractivity (Wildman–Crippen MR) is 93.5 cm³/mol. The summed E-state index contributed by atoms with van der Waals surface area (Å²) in [6.07, 6.45) is -0.364. The van der Waals surface area contributed by atoms with Crippen LogP contribution in [0.4, 0.5) is 18.9 Å². The normalized spacial score (nSPS) is 15.7. The lowest BCUT2D eigenvalue weighted by Gasteiger charge is -2.35. The lowest BCUT2D eigenvalue weighted by atomic mass is 10.1. The Kier molecular flexibility index (Phi) is 4.82. The smallest absolute Gasteiger partial charge is 0.357 e. The minimum atomic E-state index is -4.33. The number of anilines is 1. The Labute approximate surface area is 146 Å². The van der Waals surface area contributed by atoms with Crippen molar-refractivity contribution in [2.75, 3.05) is 25.2 Å². The molecule has 136 valence electrons. The molecule has 3 nitrogen and oxygen atoms in total. The van der Waals surface area contributed by atoms with Gasteiger partial charge in [-0.05, 0) is 24.6 Å². The fraction of sp³-hybridized carbons (Fsp3) is 0.474. The second-order valence-corrected chi connectivity index (χ2v) is 7.27. The minimum absolute atomic E-state index is 0.224. The van der Waals surface area contributed by atoms with Crippen molar-refractivity contribution in [3.63, 3.8) is 0 Å². The average Bonchev–Trinajstić information content (AvgIpc) is 2.88. The van der Waals surface area contributed by atoms with Gasteiger partial charge in [-0.2, -0.15) is 13.2 Å². The zero-order valence-corrected chi connectivity index (χ0v) is 14.8. The van der Waals surface area contributed by atoms with Crippen LogP contribution in [0, 0.1) is 5.92 Å². The first-order chi connectivity index (χ1) is 11.7. The van der Waals surface area contributed by atoms with Crippen molar-refractivity contribution in [3.8, 4) is 0 Å². The third-order valence-electron chi connectivity index (χ3n) is 4.39. The van der Waals surface area contributed by atoms with E-state index in [-0.39, 0.29) is 6.54 Å². The van der Waals surface area contributed by atoms with E-state index in [2.05, 4.69) is 30.7 Å². The molecule has 0 N–H and O–H groups in total. The molecule has 1 aromatic heterocycles. The van der Waals surface area contributed by atoms with E-state index in [1.165, 1.54) is 11.6 Å². The zero-order valence-electron chi connectivity index (χ0n) is 14.8. The highest BCUT2D eigenvalue weighted by Gasteiger charge is 2.33. The van der Waals surface area contributed by atoms with Crippen LogP contribution < -0.4 is 4.90 Å². The van der Waals surface area contributed by atoms with Crippen LogP contribution in [0.2, 0.25) is 0 Å². The topological polar surface area (TPSA) is 11.4 Å². The summed E-state index contributed by atoms with van der Waals surface area (Å²) >= 11 is 0. The van der Waals surface area contributed by atoms with Gasteiger partial charge in [-0.15, -0.1) is 0 Å². The highest BCUT2D eigenvalue weighted by Crippen LogP contribution is 2.33. The van der Waals surface area contributed by atoms with Gasteiger partial charge < -0.3 is 9.47 Å². The number of aromatic nitrogens is 1. The lowest BCUT2D eigenvalue weighted by Crippen LogP contribution is -2.41. The van der Waals surface area contributed by atoms with E-state index in [1.807, 2.05) is 17.0 Å². The Bertz CT molecular complexity index is 734. The largest absolute Gasteiger partial charge is 0.416 e. The molecule has 25 heavy (non-hydrogen) atoms. The van der Waals surface area contributed by atoms with E-state index in [4.69, 9.17) is 0 Å². The van der Waals surface area contributed by atoms with Gasteiger partial charge in [0.2, 0.25) is 0 Å². The number of rotatable bonds is 4. The Hall–Kier alpha value is -1.95. The van der Waals surface area contributed by atoms with Gasteiger partial charge in [0.05, 0.1) is 17.9 Å². The maximum absolute atomic E-state index is 13.2. The van der Waals surface area contributed by atoms with Crippen molar-refractivity contribution in [1.82, 2.24) is 9.47 Å². The second-order valence-electron chi connectivity index (χ2n) is 7.27. The maximum Gasteiger partial charge on any atom is 0.416 e. The molecule has 3 rings (SSSR count). The van der Waals surface area contributed by atoms with Crippen molar-refractivity contribution < 1.29 is 13.2 Å². The monoisotopic (exact) mass is 351 g/mol. The first-order valence-electron chi connectivity index (χ1n) is 8.51. The van der Waals surface area contributed by atoms with Gasteiger partial charge in [0.1, 0.15) is 0 Å². The maximum atomic E-state index is 13.2. The van der Waals surface area contributed by atoms with Gasteiger partial charge in [0.15, 0.2) is 0 Å². The Morgan fingerprint density at radius 1 is 1.12 bits per heavy atom. The molecule has 2 heterocycles. The van der Waals surface area contributed by atoms with Crippen LogP contribution in [0.15, 0.2) is 36.7 Å². The SMILES string of the molecule is CC(C)CN1CN(C)Cc2cn(Cc3ccccc3C(F)(F)F)cc21. The molecule has 0 fully saturated rings. The molecule has 0 saturated carbocycles. The molecule has 0 aliphatic carbocycles. The van der Waals surface area contributed by atoms with Gasteiger partial charge in [0.25, 0.3) is 0 Å². The lowest BCUT2D eigenvalue weighted by molar-refractivity contribution is -0.138. The highest BCUT2D eigenvalue weighted by molar-refractivity contribution is 5.54. The molecule has 1 aromatic carbocycles. The molecule has 0 unspecified atom stereocenters. The second kappa shape index (κ2) is 6.75. The van der Waals surface area contributed by atoms with Gasteiger partial charge >= 0.3 is 6.18 Å². The fourth-order valence-corrected chi connectivity index (χ4v) is 3.48. The van der Waals surface area contributed by atoms with Crippen molar-refractivity contribution in [2.45, 2.75) is 33.1 Å². The average molecular weight is 351 g/mol. The number of alkyl halides is 3. The molecule has 0 atom stereocenters. The Morgan fingerprint density at radius 2 is 1.84 bits per heavy atom. The third kappa shape index (κ3) is 4.00. The number of hydrogen-bond donors (Lipinski definition) is 0. The molecule has 1 aliphatic heterocycles. The van der Waals surface area contributed by atoms with E-state index in [0.717, 1.165) is 31.5 Å². The predicted octanol–water partition coefficient (Wildman–Crippen LogP) is 4.42. The molecular weight excluding hydrogens is 327 g/mol. The molecular formula is C19H24F3N3. The van der Waals surface area contributed by atoms with Crippen LogP contribution in [-0.2, 0) is 19.3 Å². The third-order valence-corrected chi connectivity index (χ3v) is 4.39. The molecule has 1 aliphatic rings. The summed E-state index contributed by atoms with van der Waals surface area (Å²) in [4.78, 5) is 4.52. The summed E-state index contributed by atoms with van der Waals surface area (Å²) in [5.74, 6) is 0.522. The van der Waals surface area contributed by atoms with E-state index in [1.54, 1.807) is 12.1 Å². The molecule has 0 spiro atoms. The summed E-state index contributed by atoms with van der Waals surface area (Å²) in [5.41, 5.74) is 2.04. The van der Waals surface area contributed by atoms with E-state index >= 15 is 0 Å². The van der Waals surface area contributed by atoms with Crippen molar-refractivity contribution in [2.24, 2.45) is 5.92 Å². The van der Waals surface area contributed by atoms with Crippen LogP contribution in [0.25, 0.3) is 0 Å². The summed E-state index contributed by atoms with van der Waals surface area (Å²) in [6, 6.07) is 5.80. The molecule has 6 heteroatoms. The fourth-order valence-electron chi connectivity index (χ4n) is 3.48. The van der Waals surface area contributed by atoms with E-state index in [9.17, 15) is 13.2 Å². The zero-order chi connectivity index (χ0) is 18.2. The summed E-state index contributed by atoms with van der Waals surface area (Å²) < 4.78 is 41.5. The van der Waals surface area contributed by atoms with Crippen molar-refractivity contribution >= 4 is 5.69 Å². The number of fused-ring (bicyclic) bond motifs is 1. The summed E-state index contributed by atoms with van der Waals surface area (Å²) in [5, 5.41) is 0. The molecule has 0 radical (unpaired) electrons. The number of nitrogens with zero attached hydrogens (tertiary/aromatic N) is 3. The minimum Gasteiger partial charge on any atom is -0.357 e. The van der Waals surface area contributed by atoms with Crippen LogP contribution in [0.3, 0.4) is 0 Å². The van der Waals surface area contributed by atoms with Crippen LogP contribution in [-0.4, -0.2) is 29.7 Å². The van der Waals surface area contributed by atoms with Gasteiger partial charge in [0, 0.05) is 37.6 Å². The van der Waals surface area contributed by atoms with Crippen LogP contribution in [0.1, 0.15) is 30.5 Å². The van der Waals surface area contributed by atoms with Gasteiger partial charge in [-0.1, -0.05) is 32.0 Å². The molecule has 2 aromatic rings. The Morgan fingerprint density at radius 3 is 2.52 bits per heavy atom. The van der Waals surface area contributed by atoms with Gasteiger partial charge in [-0.25, -0.2) is 0 Å². The first kappa shape index (κ1) is 17.9. The first-order valence-corrected chi connectivity index (χ1v) is 8.51. The van der Waals surface area contributed by atoms with Crippen LogP contribution in [0.5, 0.6) is 0 Å². The van der Waals surface area contributed by atoms with Crippen LogP contribution >= 0.6 is 0 Å². The quantitative estimate of drug-likeness (QED) is 0.808. The number of benzene rings is 1. The molecule has 0 bridgehead atoms. The summed E-state index contributed by atoms with van der Waals surface area (Å²) in [6.45, 7) is 7.16. The molecule has 0 amide bonds. The summed E-state index contributed by atoms with van der Waals surface area (Å²) in [7, 11) is 2.06. The highest BCUT2D eigenvalue weighted by atomic mass is 19.4. The van der Waals surface area contributed by atoms with E-state index in [0.29, 0.717) is 11.5 Å². The molecule has 0 saturated heterocycles. The number of hydrogen-bond acceptors (Lipinski definition) is 2. The van der Waals surface area contributed by atoms with Crippen molar-refractivity contribution in [1.29, 1.82) is 0 Å².